The molecular weight excluding hydrogens is 435 g/mol. The molecule has 0 aliphatic carbocycles. The van der Waals surface area contributed by atoms with Gasteiger partial charge in [0.1, 0.15) is 11.9 Å². The highest BCUT2D eigenvalue weighted by Crippen LogP contribution is 2.30. The molecule has 34 heavy (non-hydrogen) atoms. The Kier molecular flexibility index (Phi) is 7.18. The third kappa shape index (κ3) is 5.58. The van der Waals surface area contributed by atoms with Crippen LogP contribution >= 0.6 is 0 Å². The smallest absolute Gasteiger partial charge is 0.414 e. The first-order valence-corrected chi connectivity index (χ1v) is 11.2. The number of ether oxygens (including phenoxy) is 1. The van der Waals surface area contributed by atoms with E-state index < -0.39 is 18.0 Å². The molecule has 2 aromatic carbocycles. The maximum Gasteiger partial charge on any atom is 0.414 e. The molecule has 2 N–H and O–H groups in total. The van der Waals surface area contributed by atoms with Crippen LogP contribution in [0.5, 0.6) is 0 Å². The van der Waals surface area contributed by atoms with Crippen LogP contribution in [-0.2, 0) is 16.1 Å². The first-order chi connectivity index (χ1) is 16.4. The zero-order chi connectivity index (χ0) is 24.1. The van der Waals surface area contributed by atoms with E-state index >= 15 is 0 Å². The molecule has 1 aliphatic rings. The number of hydrogen-bond donors (Lipinski definition) is 2. The molecule has 1 saturated heterocycles. The van der Waals surface area contributed by atoms with Gasteiger partial charge in [0.15, 0.2) is 0 Å². The predicted octanol–water partition coefficient (Wildman–Crippen LogP) is 4.20. The zero-order valence-corrected chi connectivity index (χ0v) is 19.1. The van der Waals surface area contributed by atoms with E-state index in [4.69, 9.17) is 4.74 Å². The van der Waals surface area contributed by atoms with Gasteiger partial charge in [-0.05, 0) is 53.9 Å². The van der Waals surface area contributed by atoms with Crippen molar-refractivity contribution in [3.05, 3.63) is 83.9 Å². The Morgan fingerprint density at radius 1 is 1.18 bits per heavy atom. The van der Waals surface area contributed by atoms with Crippen molar-refractivity contribution >= 4 is 17.7 Å². The Morgan fingerprint density at radius 2 is 1.91 bits per heavy atom. The highest BCUT2D eigenvalue weighted by atomic mass is 19.1. The summed E-state index contributed by atoms with van der Waals surface area (Å²) in [4.78, 5) is 28.7. The van der Waals surface area contributed by atoms with Gasteiger partial charge < -0.3 is 15.4 Å². The Bertz CT molecular complexity index is 1150. The average Bonchev–Trinajstić information content (AvgIpc) is 3.22. The van der Waals surface area contributed by atoms with Crippen molar-refractivity contribution in [2.24, 2.45) is 0 Å². The lowest BCUT2D eigenvalue weighted by Gasteiger charge is -2.16. The summed E-state index contributed by atoms with van der Waals surface area (Å²) in [5, 5.41) is 6.10. The van der Waals surface area contributed by atoms with Gasteiger partial charge in [0.25, 0.3) is 0 Å². The lowest BCUT2D eigenvalue weighted by Crippen LogP contribution is -2.33. The topological polar surface area (TPSA) is 83.6 Å². The third-order valence-electron chi connectivity index (χ3n) is 5.80. The number of carbonyl (C=O) groups is 2. The van der Waals surface area contributed by atoms with E-state index in [1.807, 2.05) is 36.4 Å². The molecule has 4 rings (SSSR count). The highest BCUT2D eigenvalue weighted by Gasteiger charge is 2.32. The first kappa shape index (κ1) is 23.4. The first-order valence-electron chi connectivity index (χ1n) is 11.2. The van der Waals surface area contributed by atoms with Gasteiger partial charge in [-0.3, -0.25) is 14.7 Å². The van der Waals surface area contributed by atoms with Crippen LogP contribution in [0, 0.1) is 5.82 Å². The van der Waals surface area contributed by atoms with Crippen LogP contribution in [0.4, 0.5) is 14.9 Å². The number of nitrogens with one attached hydrogen (secondary N) is 2. The van der Waals surface area contributed by atoms with Crippen molar-refractivity contribution in [3.8, 4) is 11.1 Å². The largest absolute Gasteiger partial charge is 0.442 e. The SMILES string of the molecule is CC(=O)NC[C@H]1CN(c2ccc(-c3ccc(C(C)NCc4ccncc4)cc3)c(F)c2)C(=O)O1. The van der Waals surface area contributed by atoms with E-state index in [-0.39, 0.29) is 25.0 Å². The zero-order valence-electron chi connectivity index (χ0n) is 19.1. The number of hydrogen-bond acceptors (Lipinski definition) is 5. The molecule has 0 spiro atoms. The molecular formula is C26H27FN4O3. The molecule has 2 heterocycles. The van der Waals surface area contributed by atoms with Crippen LogP contribution in [-0.4, -0.2) is 36.2 Å². The number of nitrogens with zero attached hydrogens (tertiary/aromatic N) is 2. The van der Waals surface area contributed by atoms with Gasteiger partial charge in [0.05, 0.1) is 18.8 Å². The minimum Gasteiger partial charge on any atom is -0.442 e. The predicted molar refractivity (Wildman–Crippen MR) is 128 cm³/mol. The number of anilines is 1. The van der Waals surface area contributed by atoms with Gasteiger partial charge in [-0.2, -0.15) is 0 Å². The van der Waals surface area contributed by atoms with Crippen molar-refractivity contribution < 1.29 is 18.7 Å². The highest BCUT2D eigenvalue weighted by molar-refractivity contribution is 5.90. The van der Waals surface area contributed by atoms with E-state index in [1.165, 1.54) is 17.9 Å². The molecule has 1 unspecified atom stereocenters. The van der Waals surface area contributed by atoms with Crippen molar-refractivity contribution in [1.29, 1.82) is 0 Å². The van der Waals surface area contributed by atoms with Gasteiger partial charge >= 0.3 is 6.09 Å². The number of cyclic esters (lactones) is 1. The number of amides is 2. The summed E-state index contributed by atoms with van der Waals surface area (Å²) in [6.45, 7) is 4.68. The Hall–Kier alpha value is -3.78. The van der Waals surface area contributed by atoms with Crippen LogP contribution < -0.4 is 15.5 Å². The molecule has 2 atom stereocenters. The van der Waals surface area contributed by atoms with Crippen LogP contribution in [0.25, 0.3) is 11.1 Å². The standard InChI is InChI=1S/C26H27FN4O3/c1-17(29-14-19-9-11-28-12-10-19)20-3-5-21(6-4-20)24-8-7-22(13-25(24)27)31-16-23(34-26(31)33)15-30-18(2)32/h3-13,17,23,29H,14-16H2,1-2H3,(H,30,32)/t17?,23-/m0/s1. The maximum atomic E-state index is 15.0. The molecule has 176 valence electrons. The summed E-state index contributed by atoms with van der Waals surface area (Å²) in [5.74, 6) is -0.623. The summed E-state index contributed by atoms with van der Waals surface area (Å²) in [6, 6.07) is 16.5. The van der Waals surface area contributed by atoms with E-state index in [0.717, 1.165) is 23.2 Å². The summed E-state index contributed by atoms with van der Waals surface area (Å²) >= 11 is 0. The second-order valence-corrected chi connectivity index (χ2v) is 8.30. The van der Waals surface area contributed by atoms with Gasteiger partial charge in [-0.1, -0.05) is 24.3 Å². The second-order valence-electron chi connectivity index (χ2n) is 8.30. The number of halogens is 1. The summed E-state index contributed by atoms with van der Waals surface area (Å²) in [7, 11) is 0. The van der Waals surface area contributed by atoms with Crippen LogP contribution in [0.2, 0.25) is 0 Å². The second kappa shape index (κ2) is 10.4. The van der Waals surface area contributed by atoms with Gasteiger partial charge in [0.2, 0.25) is 5.91 Å². The van der Waals surface area contributed by atoms with Gasteiger partial charge in [-0.25, -0.2) is 9.18 Å². The average molecular weight is 463 g/mol. The normalized spacial score (nSPS) is 16.3. The summed E-state index contributed by atoms with van der Waals surface area (Å²) in [6.07, 6.45) is 2.51. The molecule has 7 nitrogen and oxygen atoms in total. The quantitative estimate of drug-likeness (QED) is 0.524. The van der Waals surface area contributed by atoms with Crippen LogP contribution in [0.3, 0.4) is 0 Å². The number of aromatic nitrogens is 1. The van der Waals surface area contributed by atoms with Crippen molar-refractivity contribution in [2.45, 2.75) is 32.5 Å². The molecule has 8 heteroatoms. The summed E-state index contributed by atoms with van der Waals surface area (Å²) in [5.41, 5.74) is 3.88. The van der Waals surface area contributed by atoms with E-state index in [1.54, 1.807) is 24.5 Å². The molecule has 1 aromatic heterocycles. The fourth-order valence-electron chi connectivity index (χ4n) is 3.84. The van der Waals surface area contributed by atoms with Gasteiger partial charge in [-0.15, -0.1) is 0 Å². The molecule has 1 aliphatic heterocycles. The molecule has 0 saturated carbocycles. The van der Waals surface area contributed by atoms with Crippen molar-refractivity contribution in [3.63, 3.8) is 0 Å². The molecule has 1 fully saturated rings. The summed E-state index contributed by atoms with van der Waals surface area (Å²) < 4.78 is 20.2. The lowest BCUT2D eigenvalue weighted by molar-refractivity contribution is -0.119. The Labute approximate surface area is 198 Å². The van der Waals surface area contributed by atoms with Crippen LogP contribution in [0.15, 0.2) is 67.0 Å². The van der Waals surface area contributed by atoms with Gasteiger partial charge in [0, 0.05) is 37.5 Å². The van der Waals surface area contributed by atoms with E-state index in [9.17, 15) is 14.0 Å². The number of rotatable bonds is 8. The van der Waals surface area contributed by atoms with E-state index in [2.05, 4.69) is 22.5 Å². The molecule has 0 bridgehead atoms. The van der Waals surface area contributed by atoms with E-state index in [0.29, 0.717) is 11.3 Å². The molecule has 3 aromatic rings. The fourth-order valence-corrected chi connectivity index (χ4v) is 3.84. The lowest BCUT2D eigenvalue weighted by atomic mass is 10.0. The van der Waals surface area contributed by atoms with Crippen molar-refractivity contribution in [1.82, 2.24) is 15.6 Å². The number of benzene rings is 2. The minimum absolute atomic E-state index is 0.126. The fraction of sp³-hybridized carbons (Fsp3) is 0.269. The Morgan fingerprint density at radius 3 is 2.59 bits per heavy atom. The molecule has 2 amide bonds. The molecule has 0 radical (unpaired) electrons. The number of carbonyl (C=O) groups excluding carboxylic acids is 2. The number of pyridine rings is 1. The monoisotopic (exact) mass is 462 g/mol. The minimum atomic E-state index is -0.555. The Balaban J connectivity index is 1.41. The third-order valence-corrected chi connectivity index (χ3v) is 5.80. The van der Waals surface area contributed by atoms with Crippen molar-refractivity contribution in [2.75, 3.05) is 18.0 Å². The van der Waals surface area contributed by atoms with Crippen LogP contribution in [0.1, 0.15) is 31.0 Å². The maximum absolute atomic E-state index is 15.0.